The van der Waals surface area contributed by atoms with Crippen LogP contribution in [-0.4, -0.2) is 72.8 Å². The standard InChI is InChI=1S/C13H25N5O/c1-10(14-2)7-13-15-12(16-19-13)8-11-9-17(3)5-6-18(11)4/h10-11,14H,5-9H2,1-4H3. The average molecular weight is 267 g/mol. The summed E-state index contributed by atoms with van der Waals surface area (Å²) in [7, 11) is 6.27. The number of nitrogens with zero attached hydrogens (tertiary/aromatic N) is 4. The summed E-state index contributed by atoms with van der Waals surface area (Å²) < 4.78 is 5.31. The summed E-state index contributed by atoms with van der Waals surface area (Å²) in [5, 5.41) is 7.27. The minimum absolute atomic E-state index is 0.358. The fourth-order valence-electron chi connectivity index (χ4n) is 2.35. The van der Waals surface area contributed by atoms with Crippen LogP contribution in [0.15, 0.2) is 4.52 Å². The molecule has 1 saturated heterocycles. The lowest BCUT2D eigenvalue weighted by molar-refractivity contribution is 0.113. The van der Waals surface area contributed by atoms with Crippen LogP contribution in [-0.2, 0) is 12.8 Å². The van der Waals surface area contributed by atoms with E-state index in [9.17, 15) is 0 Å². The van der Waals surface area contributed by atoms with Gasteiger partial charge in [0.05, 0.1) is 0 Å². The van der Waals surface area contributed by atoms with E-state index in [1.54, 1.807) is 0 Å². The van der Waals surface area contributed by atoms with Gasteiger partial charge in [0, 0.05) is 44.6 Å². The zero-order valence-corrected chi connectivity index (χ0v) is 12.4. The molecule has 0 saturated carbocycles. The highest BCUT2D eigenvalue weighted by atomic mass is 16.5. The Morgan fingerprint density at radius 1 is 1.42 bits per heavy atom. The smallest absolute Gasteiger partial charge is 0.228 e. The Bertz CT molecular complexity index is 394. The van der Waals surface area contributed by atoms with Gasteiger partial charge in [0.25, 0.3) is 0 Å². The third kappa shape index (κ3) is 3.99. The Morgan fingerprint density at radius 3 is 2.95 bits per heavy atom. The predicted octanol–water partition coefficient (Wildman–Crippen LogP) is 0.00830. The van der Waals surface area contributed by atoms with Crippen molar-refractivity contribution in [1.29, 1.82) is 0 Å². The van der Waals surface area contributed by atoms with Gasteiger partial charge in [0.2, 0.25) is 5.89 Å². The Hall–Kier alpha value is -0.980. The third-order valence-corrected chi connectivity index (χ3v) is 3.88. The molecule has 6 heteroatoms. The molecule has 1 N–H and O–H groups in total. The molecule has 19 heavy (non-hydrogen) atoms. The van der Waals surface area contributed by atoms with E-state index in [2.05, 4.69) is 46.3 Å². The topological polar surface area (TPSA) is 57.4 Å². The van der Waals surface area contributed by atoms with Crippen LogP contribution in [0.1, 0.15) is 18.6 Å². The first-order chi connectivity index (χ1) is 9.08. The fourth-order valence-corrected chi connectivity index (χ4v) is 2.35. The maximum absolute atomic E-state index is 5.31. The minimum atomic E-state index is 0.358. The quantitative estimate of drug-likeness (QED) is 0.811. The van der Waals surface area contributed by atoms with Crippen LogP contribution < -0.4 is 5.32 Å². The summed E-state index contributed by atoms with van der Waals surface area (Å²) >= 11 is 0. The van der Waals surface area contributed by atoms with Crippen LogP contribution in [0.2, 0.25) is 0 Å². The normalized spacial score (nSPS) is 23.7. The maximum Gasteiger partial charge on any atom is 0.228 e. The van der Waals surface area contributed by atoms with Crippen molar-refractivity contribution in [2.75, 3.05) is 40.8 Å². The van der Waals surface area contributed by atoms with Crippen LogP contribution in [0.4, 0.5) is 0 Å². The number of aromatic nitrogens is 2. The van der Waals surface area contributed by atoms with Crippen molar-refractivity contribution in [3.05, 3.63) is 11.7 Å². The molecule has 1 fully saturated rings. The van der Waals surface area contributed by atoms with Crippen LogP contribution in [0.5, 0.6) is 0 Å². The van der Waals surface area contributed by atoms with Gasteiger partial charge >= 0.3 is 0 Å². The first-order valence-corrected chi connectivity index (χ1v) is 6.96. The second-order valence-electron chi connectivity index (χ2n) is 5.60. The molecular weight excluding hydrogens is 242 g/mol. The van der Waals surface area contributed by atoms with Crippen molar-refractivity contribution in [3.8, 4) is 0 Å². The maximum atomic E-state index is 5.31. The van der Waals surface area contributed by atoms with E-state index in [-0.39, 0.29) is 0 Å². The summed E-state index contributed by atoms with van der Waals surface area (Å²) in [5.74, 6) is 1.55. The Labute approximate surface area is 115 Å². The molecule has 2 atom stereocenters. The first-order valence-electron chi connectivity index (χ1n) is 6.96. The van der Waals surface area contributed by atoms with Crippen LogP contribution >= 0.6 is 0 Å². The molecule has 1 aliphatic heterocycles. The zero-order chi connectivity index (χ0) is 13.8. The molecule has 6 nitrogen and oxygen atoms in total. The lowest BCUT2D eigenvalue weighted by Gasteiger charge is -2.37. The van der Waals surface area contributed by atoms with Crippen molar-refractivity contribution in [3.63, 3.8) is 0 Å². The molecule has 2 heterocycles. The summed E-state index contributed by atoms with van der Waals surface area (Å²) in [6, 6.07) is 0.836. The van der Waals surface area contributed by atoms with Crippen molar-refractivity contribution in [2.24, 2.45) is 0 Å². The van der Waals surface area contributed by atoms with E-state index >= 15 is 0 Å². The van der Waals surface area contributed by atoms with Crippen LogP contribution in [0.25, 0.3) is 0 Å². The molecule has 0 aromatic carbocycles. The second-order valence-corrected chi connectivity index (χ2v) is 5.60. The molecular formula is C13H25N5O. The van der Waals surface area contributed by atoms with Gasteiger partial charge < -0.3 is 19.6 Å². The fraction of sp³-hybridized carbons (Fsp3) is 0.846. The van der Waals surface area contributed by atoms with E-state index in [4.69, 9.17) is 4.52 Å². The summed E-state index contributed by atoms with van der Waals surface area (Å²) in [4.78, 5) is 9.23. The van der Waals surface area contributed by atoms with Gasteiger partial charge in [-0.15, -0.1) is 0 Å². The third-order valence-electron chi connectivity index (χ3n) is 3.88. The molecule has 0 amide bonds. The van der Waals surface area contributed by atoms with Crippen molar-refractivity contribution in [1.82, 2.24) is 25.3 Å². The lowest BCUT2D eigenvalue weighted by atomic mass is 10.1. The van der Waals surface area contributed by atoms with Crippen molar-refractivity contribution >= 4 is 0 Å². The molecule has 2 rings (SSSR count). The minimum Gasteiger partial charge on any atom is -0.339 e. The summed E-state index contributed by atoms with van der Waals surface area (Å²) in [6.07, 6.45) is 1.64. The highest BCUT2D eigenvalue weighted by molar-refractivity contribution is 4.94. The van der Waals surface area contributed by atoms with Crippen LogP contribution in [0.3, 0.4) is 0 Å². The van der Waals surface area contributed by atoms with Gasteiger partial charge in [-0.3, -0.25) is 0 Å². The van der Waals surface area contributed by atoms with Crippen LogP contribution in [0, 0.1) is 0 Å². The molecule has 0 radical (unpaired) electrons. The van der Waals surface area contributed by atoms with E-state index in [0.717, 1.165) is 44.2 Å². The van der Waals surface area contributed by atoms with Gasteiger partial charge in [-0.25, -0.2) is 0 Å². The SMILES string of the molecule is CNC(C)Cc1nc(CC2CN(C)CCN2C)no1. The van der Waals surface area contributed by atoms with Gasteiger partial charge in [0.15, 0.2) is 5.82 Å². The highest BCUT2D eigenvalue weighted by Crippen LogP contribution is 2.11. The summed E-state index contributed by atoms with van der Waals surface area (Å²) in [5.41, 5.74) is 0. The molecule has 1 aromatic rings. The first kappa shape index (κ1) is 14.4. The number of piperazine rings is 1. The van der Waals surface area contributed by atoms with E-state index < -0.39 is 0 Å². The molecule has 1 aromatic heterocycles. The highest BCUT2D eigenvalue weighted by Gasteiger charge is 2.24. The van der Waals surface area contributed by atoms with Crippen molar-refractivity contribution < 1.29 is 4.52 Å². The summed E-state index contributed by atoms with van der Waals surface area (Å²) in [6.45, 7) is 5.40. The Kier molecular flexibility index (Phi) is 4.90. The molecule has 1 aliphatic rings. The van der Waals surface area contributed by atoms with Gasteiger partial charge in [0.1, 0.15) is 0 Å². The Balaban J connectivity index is 1.91. The molecule has 108 valence electrons. The van der Waals surface area contributed by atoms with Gasteiger partial charge in [-0.1, -0.05) is 5.16 Å². The number of rotatable bonds is 5. The lowest BCUT2D eigenvalue weighted by Crippen LogP contribution is -2.50. The van der Waals surface area contributed by atoms with E-state index in [0.29, 0.717) is 12.1 Å². The number of hydrogen-bond acceptors (Lipinski definition) is 6. The molecule has 0 bridgehead atoms. The molecule has 0 aliphatic carbocycles. The Morgan fingerprint density at radius 2 is 2.21 bits per heavy atom. The zero-order valence-electron chi connectivity index (χ0n) is 12.4. The average Bonchev–Trinajstić information content (AvgIpc) is 2.81. The number of likely N-dealkylation sites (N-methyl/N-ethyl adjacent to an activating group) is 3. The van der Waals surface area contributed by atoms with E-state index in [1.165, 1.54) is 0 Å². The molecule has 0 spiro atoms. The van der Waals surface area contributed by atoms with Gasteiger partial charge in [-0.2, -0.15) is 4.98 Å². The predicted molar refractivity (Wildman–Crippen MR) is 74.1 cm³/mol. The van der Waals surface area contributed by atoms with E-state index in [1.807, 2.05) is 7.05 Å². The molecule has 2 unspecified atom stereocenters. The second kappa shape index (κ2) is 6.45. The number of nitrogens with one attached hydrogen (secondary N) is 1. The monoisotopic (exact) mass is 267 g/mol. The van der Waals surface area contributed by atoms with Crippen molar-refractivity contribution in [2.45, 2.75) is 31.8 Å². The largest absolute Gasteiger partial charge is 0.339 e. The number of hydrogen-bond donors (Lipinski definition) is 1. The van der Waals surface area contributed by atoms with Gasteiger partial charge in [-0.05, 0) is 28.1 Å².